The lowest BCUT2D eigenvalue weighted by atomic mass is 10.2. The van der Waals surface area contributed by atoms with Crippen LogP contribution in [0.3, 0.4) is 0 Å². The van der Waals surface area contributed by atoms with Crippen molar-refractivity contribution in [1.29, 1.82) is 0 Å². The highest BCUT2D eigenvalue weighted by molar-refractivity contribution is 5.17. The number of hydrogen-bond donors (Lipinski definition) is 0. The van der Waals surface area contributed by atoms with E-state index in [9.17, 15) is 8.78 Å². The Morgan fingerprint density at radius 3 is 2.31 bits per heavy atom. The van der Waals surface area contributed by atoms with Crippen LogP contribution in [0.5, 0.6) is 0 Å². The van der Waals surface area contributed by atoms with Gasteiger partial charge in [0.2, 0.25) is 0 Å². The quantitative estimate of drug-likeness (QED) is 0.701. The van der Waals surface area contributed by atoms with Crippen LogP contribution in [0.4, 0.5) is 8.78 Å². The molecule has 0 aliphatic carbocycles. The van der Waals surface area contributed by atoms with E-state index in [4.69, 9.17) is 0 Å². The van der Waals surface area contributed by atoms with Gasteiger partial charge in [-0.2, -0.15) is 5.10 Å². The van der Waals surface area contributed by atoms with E-state index in [0.717, 1.165) is 0 Å². The number of nitrogens with zero attached hydrogens (tertiary/aromatic N) is 2. The molecule has 0 amide bonds. The summed E-state index contributed by atoms with van der Waals surface area (Å²) in [4.78, 5) is 0. The van der Waals surface area contributed by atoms with Crippen LogP contribution in [0.15, 0.2) is 6.20 Å². The van der Waals surface area contributed by atoms with Crippen molar-refractivity contribution < 1.29 is 8.78 Å². The molecule has 1 rings (SSSR count). The van der Waals surface area contributed by atoms with Gasteiger partial charge in [-0.25, -0.2) is 8.78 Å². The van der Waals surface area contributed by atoms with E-state index < -0.39 is 6.43 Å². The molecule has 1 aromatic rings. The summed E-state index contributed by atoms with van der Waals surface area (Å²) in [6.45, 7) is 5.81. The van der Waals surface area contributed by atoms with Crippen molar-refractivity contribution in [3.63, 3.8) is 0 Å². The van der Waals surface area contributed by atoms with Crippen molar-refractivity contribution in [3.8, 4) is 0 Å². The number of alkyl halides is 2. The van der Waals surface area contributed by atoms with Gasteiger partial charge in [0, 0.05) is 13.2 Å². The second-order valence-corrected chi connectivity index (χ2v) is 2.36. The van der Waals surface area contributed by atoms with Crippen LogP contribution in [-0.4, -0.2) is 9.78 Å². The van der Waals surface area contributed by atoms with Gasteiger partial charge in [0.05, 0.1) is 11.3 Å². The van der Waals surface area contributed by atoms with Crippen molar-refractivity contribution in [3.05, 3.63) is 17.5 Å². The smallest absolute Gasteiger partial charge is 0.267 e. The molecule has 0 unspecified atom stereocenters. The molecule has 0 radical (unpaired) electrons. The standard InChI is InChI=1S/C7H10F2N2.C2H6/c1-3-6-5(7(8)9)4-11(2)10-6;1-2/h4,7H,3H2,1-2H3;1-2H3. The van der Waals surface area contributed by atoms with Gasteiger partial charge >= 0.3 is 0 Å². The molecule has 0 saturated heterocycles. The maximum absolute atomic E-state index is 12.2. The minimum atomic E-state index is -2.40. The van der Waals surface area contributed by atoms with E-state index in [1.54, 1.807) is 7.05 Å². The van der Waals surface area contributed by atoms with Crippen LogP contribution in [-0.2, 0) is 13.5 Å². The minimum Gasteiger partial charge on any atom is -0.275 e. The van der Waals surface area contributed by atoms with Gasteiger partial charge in [-0.15, -0.1) is 0 Å². The third kappa shape index (κ3) is 3.13. The molecule has 13 heavy (non-hydrogen) atoms. The van der Waals surface area contributed by atoms with Gasteiger partial charge in [0.15, 0.2) is 0 Å². The Kier molecular flexibility index (Phi) is 5.26. The van der Waals surface area contributed by atoms with E-state index >= 15 is 0 Å². The van der Waals surface area contributed by atoms with Gasteiger partial charge < -0.3 is 0 Å². The normalized spacial score (nSPS) is 9.77. The Bertz CT molecular complexity index is 244. The Morgan fingerprint density at radius 2 is 2.00 bits per heavy atom. The molecular formula is C9H16F2N2. The Hall–Kier alpha value is -0.930. The molecule has 0 bridgehead atoms. The summed E-state index contributed by atoms with van der Waals surface area (Å²) in [6, 6.07) is 0. The number of rotatable bonds is 2. The highest BCUT2D eigenvalue weighted by Gasteiger charge is 2.14. The summed E-state index contributed by atoms with van der Waals surface area (Å²) in [7, 11) is 1.64. The summed E-state index contributed by atoms with van der Waals surface area (Å²) >= 11 is 0. The number of aromatic nitrogens is 2. The van der Waals surface area contributed by atoms with Crippen molar-refractivity contribution in [2.75, 3.05) is 0 Å². The number of aryl methyl sites for hydroxylation is 2. The lowest BCUT2D eigenvalue weighted by molar-refractivity contribution is 0.150. The molecule has 0 atom stereocenters. The first-order valence-corrected chi connectivity index (χ1v) is 4.45. The summed E-state index contributed by atoms with van der Waals surface area (Å²) in [5.41, 5.74) is 0.539. The molecule has 76 valence electrons. The lowest BCUT2D eigenvalue weighted by Crippen LogP contribution is -1.90. The Morgan fingerprint density at radius 1 is 1.46 bits per heavy atom. The van der Waals surface area contributed by atoms with Crippen LogP contribution < -0.4 is 0 Å². The van der Waals surface area contributed by atoms with E-state index in [1.165, 1.54) is 10.9 Å². The van der Waals surface area contributed by atoms with Gasteiger partial charge in [-0.05, 0) is 6.42 Å². The predicted octanol–water partition coefficient (Wildman–Crippen LogP) is 2.95. The van der Waals surface area contributed by atoms with Crippen LogP contribution >= 0.6 is 0 Å². The van der Waals surface area contributed by atoms with Crippen molar-refractivity contribution in [2.24, 2.45) is 7.05 Å². The molecule has 0 aliphatic heterocycles. The second kappa shape index (κ2) is 5.67. The van der Waals surface area contributed by atoms with Crippen molar-refractivity contribution >= 4 is 0 Å². The van der Waals surface area contributed by atoms with Crippen LogP contribution in [0.2, 0.25) is 0 Å². The summed E-state index contributed by atoms with van der Waals surface area (Å²) in [5.74, 6) is 0. The zero-order valence-corrected chi connectivity index (χ0v) is 8.51. The second-order valence-electron chi connectivity index (χ2n) is 2.36. The molecule has 2 nitrogen and oxygen atoms in total. The number of hydrogen-bond acceptors (Lipinski definition) is 1. The van der Waals surface area contributed by atoms with E-state index in [2.05, 4.69) is 5.10 Å². The van der Waals surface area contributed by atoms with Crippen molar-refractivity contribution in [2.45, 2.75) is 33.6 Å². The molecule has 0 saturated carbocycles. The van der Waals surface area contributed by atoms with Crippen LogP contribution in [0.25, 0.3) is 0 Å². The fourth-order valence-electron chi connectivity index (χ4n) is 1.01. The average Bonchev–Trinajstić information content (AvgIpc) is 2.50. The van der Waals surface area contributed by atoms with Gasteiger partial charge in [0.1, 0.15) is 0 Å². The van der Waals surface area contributed by atoms with E-state index in [0.29, 0.717) is 12.1 Å². The number of halogens is 2. The largest absolute Gasteiger partial charge is 0.275 e. The fraction of sp³-hybridized carbons (Fsp3) is 0.667. The zero-order valence-electron chi connectivity index (χ0n) is 8.51. The van der Waals surface area contributed by atoms with E-state index in [-0.39, 0.29) is 5.56 Å². The lowest BCUT2D eigenvalue weighted by Gasteiger charge is -1.94. The topological polar surface area (TPSA) is 17.8 Å². The highest BCUT2D eigenvalue weighted by atomic mass is 19.3. The maximum atomic E-state index is 12.2. The first kappa shape index (κ1) is 12.1. The van der Waals surface area contributed by atoms with E-state index in [1.807, 2.05) is 20.8 Å². The average molecular weight is 190 g/mol. The molecule has 0 aromatic carbocycles. The molecule has 0 aliphatic rings. The third-order valence-electron chi connectivity index (χ3n) is 1.51. The molecule has 1 heterocycles. The maximum Gasteiger partial charge on any atom is 0.267 e. The first-order chi connectivity index (χ1) is 6.15. The molecule has 4 heteroatoms. The Labute approximate surface area is 77.6 Å². The SMILES string of the molecule is CC.CCc1nn(C)cc1C(F)F. The zero-order chi connectivity index (χ0) is 10.4. The van der Waals surface area contributed by atoms with Gasteiger partial charge in [0.25, 0.3) is 6.43 Å². The van der Waals surface area contributed by atoms with Gasteiger partial charge in [-0.3, -0.25) is 4.68 Å². The third-order valence-corrected chi connectivity index (χ3v) is 1.51. The van der Waals surface area contributed by atoms with Crippen molar-refractivity contribution in [1.82, 2.24) is 9.78 Å². The fourth-order valence-corrected chi connectivity index (χ4v) is 1.01. The van der Waals surface area contributed by atoms with Gasteiger partial charge in [-0.1, -0.05) is 20.8 Å². The molecule has 0 spiro atoms. The monoisotopic (exact) mass is 190 g/mol. The summed E-state index contributed by atoms with van der Waals surface area (Å²) < 4.78 is 25.8. The minimum absolute atomic E-state index is 0.0509. The summed E-state index contributed by atoms with van der Waals surface area (Å²) in [5, 5.41) is 3.89. The highest BCUT2D eigenvalue weighted by Crippen LogP contribution is 2.21. The predicted molar refractivity (Wildman–Crippen MR) is 48.9 cm³/mol. The van der Waals surface area contributed by atoms with Crippen LogP contribution in [0.1, 0.15) is 38.5 Å². The molecule has 0 fully saturated rings. The molecular weight excluding hydrogens is 174 g/mol. The van der Waals surface area contributed by atoms with Crippen LogP contribution in [0, 0.1) is 0 Å². The molecule has 1 aromatic heterocycles. The Balaban J connectivity index is 0.000000671. The molecule has 0 N–H and O–H groups in total. The summed E-state index contributed by atoms with van der Waals surface area (Å²) in [6.07, 6.45) is -0.483. The first-order valence-electron chi connectivity index (χ1n) is 4.45.